The fraction of sp³-hybridized carbons (Fsp3) is 0.357. The lowest BCUT2D eigenvalue weighted by atomic mass is 10.2. The number of hydrogen-bond donors (Lipinski definition) is 0. The van der Waals surface area contributed by atoms with Crippen LogP contribution in [0.4, 0.5) is 0 Å². The molecule has 0 unspecified atom stereocenters. The second-order valence-electron chi connectivity index (χ2n) is 4.01. The van der Waals surface area contributed by atoms with Gasteiger partial charge >= 0.3 is 12.0 Å². The predicted octanol–water partition coefficient (Wildman–Crippen LogP) is 2.46. The molecule has 0 N–H and O–H groups in total. The molecule has 0 amide bonds. The Kier molecular flexibility index (Phi) is 5.11. The molecule has 1 heterocycles. The summed E-state index contributed by atoms with van der Waals surface area (Å²) in [5, 5.41) is 3.72. The third-order valence-corrected chi connectivity index (χ3v) is 2.49. The molecule has 2 aromatic rings. The second-order valence-corrected chi connectivity index (χ2v) is 4.01. The van der Waals surface area contributed by atoms with E-state index in [1.807, 2.05) is 30.3 Å². The summed E-state index contributed by atoms with van der Waals surface area (Å²) in [5.41, 5.74) is 0.835. The van der Waals surface area contributed by atoms with E-state index in [-0.39, 0.29) is 12.0 Å². The molecular formula is C14H16N2O4. The molecule has 1 aromatic carbocycles. The summed E-state index contributed by atoms with van der Waals surface area (Å²) in [6.07, 6.45) is 0.866. The van der Waals surface area contributed by atoms with Gasteiger partial charge in [-0.05, 0) is 30.6 Å². The van der Waals surface area contributed by atoms with Crippen LogP contribution >= 0.6 is 0 Å². The van der Waals surface area contributed by atoms with E-state index >= 15 is 0 Å². The first-order valence-corrected chi connectivity index (χ1v) is 6.47. The van der Waals surface area contributed by atoms with Crippen LogP contribution in [-0.2, 0) is 9.53 Å². The van der Waals surface area contributed by atoms with Crippen molar-refractivity contribution >= 4 is 5.97 Å². The van der Waals surface area contributed by atoms with E-state index in [4.69, 9.17) is 14.0 Å². The van der Waals surface area contributed by atoms with Crippen LogP contribution < -0.4 is 4.74 Å². The van der Waals surface area contributed by atoms with Crippen LogP contribution in [0.15, 0.2) is 34.9 Å². The molecule has 106 valence electrons. The zero-order valence-electron chi connectivity index (χ0n) is 11.2. The van der Waals surface area contributed by atoms with Crippen molar-refractivity contribution in [2.75, 3.05) is 13.2 Å². The molecule has 6 heteroatoms. The maximum absolute atomic E-state index is 11.1. The molecule has 0 saturated carbocycles. The third kappa shape index (κ3) is 4.08. The average Bonchev–Trinajstić information content (AvgIpc) is 2.94. The Morgan fingerprint density at radius 2 is 2.10 bits per heavy atom. The third-order valence-electron chi connectivity index (χ3n) is 2.49. The van der Waals surface area contributed by atoms with E-state index in [1.165, 1.54) is 0 Å². The highest BCUT2D eigenvalue weighted by molar-refractivity contribution is 5.69. The van der Waals surface area contributed by atoms with E-state index in [2.05, 4.69) is 10.1 Å². The monoisotopic (exact) mass is 276 g/mol. The van der Waals surface area contributed by atoms with Gasteiger partial charge in [0.2, 0.25) is 0 Å². The van der Waals surface area contributed by atoms with Crippen LogP contribution in [-0.4, -0.2) is 29.3 Å². The number of benzene rings is 1. The van der Waals surface area contributed by atoms with E-state index in [0.29, 0.717) is 31.9 Å². The summed E-state index contributed by atoms with van der Waals surface area (Å²) in [4.78, 5) is 15.2. The summed E-state index contributed by atoms with van der Waals surface area (Å²) in [7, 11) is 0. The summed E-state index contributed by atoms with van der Waals surface area (Å²) < 4.78 is 15.2. The van der Waals surface area contributed by atoms with Gasteiger partial charge in [0.05, 0.1) is 13.2 Å². The van der Waals surface area contributed by atoms with Gasteiger partial charge < -0.3 is 14.0 Å². The first-order valence-electron chi connectivity index (χ1n) is 6.47. The summed E-state index contributed by atoms with van der Waals surface area (Å²) in [5.74, 6) is 0.181. The van der Waals surface area contributed by atoms with Crippen LogP contribution in [0.25, 0.3) is 11.5 Å². The van der Waals surface area contributed by atoms with Crippen molar-refractivity contribution in [2.24, 2.45) is 0 Å². The molecule has 0 saturated heterocycles. The van der Waals surface area contributed by atoms with E-state index in [0.717, 1.165) is 5.56 Å². The molecule has 0 aliphatic rings. The maximum atomic E-state index is 11.1. The molecule has 2 rings (SSSR count). The van der Waals surface area contributed by atoms with Crippen LogP contribution in [0.2, 0.25) is 0 Å². The van der Waals surface area contributed by atoms with Gasteiger partial charge in [0.25, 0.3) is 5.89 Å². The Morgan fingerprint density at radius 3 is 2.85 bits per heavy atom. The van der Waals surface area contributed by atoms with Gasteiger partial charge in [-0.2, -0.15) is 4.98 Å². The van der Waals surface area contributed by atoms with Gasteiger partial charge in [0.15, 0.2) is 0 Å². The van der Waals surface area contributed by atoms with Crippen molar-refractivity contribution in [3.63, 3.8) is 0 Å². The Labute approximate surface area is 116 Å². The Balaban J connectivity index is 1.78. The van der Waals surface area contributed by atoms with Gasteiger partial charge in [-0.25, -0.2) is 0 Å². The number of esters is 1. The first kappa shape index (κ1) is 14.0. The van der Waals surface area contributed by atoms with Crippen molar-refractivity contribution in [1.82, 2.24) is 10.1 Å². The van der Waals surface area contributed by atoms with Crippen molar-refractivity contribution in [2.45, 2.75) is 19.8 Å². The average molecular weight is 276 g/mol. The molecule has 0 atom stereocenters. The number of carbonyl (C=O) groups is 1. The van der Waals surface area contributed by atoms with Crippen molar-refractivity contribution in [1.29, 1.82) is 0 Å². The molecule has 1 aromatic heterocycles. The molecule has 0 aliphatic heterocycles. The highest BCUT2D eigenvalue weighted by Crippen LogP contribution is 2.18. The summed E-state index contributed by atoms with van der Waals surface area (Å²) >= 11 is 0. The number of ether oxygens (including phenoxy) is 2. The molecule has 0 aliphatic carbocycles. The standard InChI is InChI=1S/C14H16N2O4/c1-2-18-12(17)9-6-10-19-14-15-13(20-16-14)11-7-4-3-5-8-11/h3-5,7-8H,2,6,9-10H2,1H3. The van der Waals surface area contributed by atoms with E-state index in [9.17, 15) is 4.79 Å². The predicted molar refractivity (Wildman–Crippen MR) is 71.1 cm³/mol. The summed E-state index contributed by atoms with van der Waals surface area (Å²) in [6.45, 7) is 2.51. The second kappa shape index (κ2) is 7.28. The molecule has 0 spiro atoms. The zero-order valence-corrected chi connectivity index (χ0v) is 11.2. The lowest BCUT2D eigenvalue weighted by Gasteiger charge is -2.01. The normalized spacial score (nSPS) is 10.2. The van der Waals surface area contributed by atoms with Crippen molar-refractivity contribution < 1.29 is 18.8 Å². The van der Waals surface area contributed by atoms with Crippen LogP contribution in [0.1, 0.15) is 19.8 Å². The lowest BCUT2D eigenvalue weighted by molar-refractivity contribution is -0.143. The fourth-order valence-electron chi connectivity index (χ4n) is 1.58. The number of rotatable bonds is 7. The van der Waals surface area contributed by atoms with Crippen molar-refractivity contribution in [3.8, 4) is 17.5 Å². The molecule has 20 heavy (non-hydrogen) atoms. The fourth-order valence-corrected chi connectivity index (χ4v) is 1.58. The molecular weight excluding hydrogens is 260 g/mol. The minimum Gasteiger partial charge on any atom is -0.466 e. The molecule has 0 fully saturated rings. The highest BCUT2D eigenvalue weighted by Gasteiger charge is 2.09. The van der Waals surface area contributed by atoms with Gasteiger partial charge in [-0.15, -0.1) is 0 Å². The molecule has 0 bridgehead atoms. The number of carbonyl (C=O) groups excluding carboxylic acids is 1. The quantitative estimate of drug-likeness (QED) is 0.571. The van der Waals surface area contributed by atoms with Crippen LogP contribution in [0, 0.1) is 0 Å². The van der Waals surface area contributed by atoms with Crippen LogP contribution in [0.3, 0.4) is 0 Å². The Hall–Kier alpha value is -2.37. The zero-order chi connectivity index (χ0) is 14.2. The number of nitrogens with zero attached hydrogens (tertiary/aromatic N) is 2. The minimum atomic E-state index is -0.228. The van der Waals surface area contributed by atoms with Gasteiger partial charge in [-0.3, -0.25) is 4.79 Å². The van der Waals surface area contributed by atoms with Gasteiger partial charge in [0, 0.05) is 12.0 Å². The molecule has 0 radical (unpaired) electrons. The summed E-state index contributed by atoms with van der Waals surface area (Å²) in [6, 6.07) is 9.61. The minimum absolute atomic E-state index is 0.174. The van der Waals surface area contributed by atoms with Gasteiger partial charge in [-0.1, -0.05) is 18.2 Å². The van der Waals surface area contributed by atoms with Gasteiger partial charge in [0.1, 0.15) is 0 Å². The Bertz CT molecular complexity index is 539. The number of hydrogen-bond acceptors (Lipinski definition) is 6. The van der Waals surface area contributed by atoms with E-state index < -0.39 is 0 Å². The van der Waals surface area contributed by atoms with Crippen LogP contribution in [0.5, 0.6) is 6.01 Å². The Morgan fingerprint density at radius 1 is 1.30 bits per heavy atom. The smallest absolute Gasteiger partial charge is 0.354 e. The number of aromatic nitrogens is 2. The largest absolute Gasteiger partial charge is 0.466 e. The SMILES string of the molecule is CCOC(=O)CCCOc1noc(-c2ccccc2)n1. The lowest BCUT2D eigenvalue weighted by Crippen LogP contribution is -2.07. The topological polar surface area (TPSA) is 74.5 Å². The maximum Gasteiger partial charge on any atom is 0.354 e. The molecule has 6 nitrogen and oxygen atoms in total. The highest BCUT2D eigenvalue weighted by atomic mass is 16.6. The first-order chi connectivity index (χ1) is 9.79. The van der Waals surface area contributed by atoms with E-state index in [1.54, 1.807) is 6.92 Å². The van der Waals surface area contributed by atoms with Crippen molar-refractivity contribution in [3.05, 3.63) is 30.3 Å².